The highest BCUT2D eigenvalue weighted by Gasteiger charge is 2.40. The Morgan fingerprint density at radius 2 is 2.64 bits per heavy atom. The highest BCUT2D eigenvalue weighted by molar-refractivity contribution is 5.73. The Labute approximate surface area is 61.7 Å². The van der Waals surface area contributed by atoms with Gasteiger partial charge in [0.25, 0.3) is 6.23 Å². The number of hydrogen-bond acceptors (Lipinski definition) is 5. The number of nitrogens with zero attached hydrogens (tertiary/aromatic N) is 2. The van der Waals surface area contributed by atoms with Crippen molar-refractivity contribution in [3.8, 4) is 0 Å². The lowest BCUT2D eigenvalue weighted by molar-refractivity contribution is -0.469. The molecule has 2 heterocycles. The number of fused-ring (bicyclic) bond motifs is 1. The highest BCUT2D eigenvalue weighted by atomic mass is 16.5. The van der Waals surface area contributed by atoms with E-state index in [1.807, 2.05) is 0 Å². The van der Waals surface area contributed by atoms with Crippen molar-refractivity contribution < 1.29 is 14.4 Å². The molecule has 0 aromatic rings. The van der Waals surface area contributed by atoms with E-state index in [1.54, 1.807) is 0 Å². The van der Waals surface area contributed by atoms with Crippen molar-refractivity contribution in [2.45, 2.75) is 6.23 Å². The molecule has 1 amide bonds. The minimum Gasteiger partial charge on any atom is -0.689 e. The van der Waals surface area contributed by atoms with Gasteiger partial charge in [0, 0.05) is 0 Å². The third-order valence-electron chi connectivity index (χ3n) is 1.59. The van der Waals surface area contributed by atoms with Gasteiger partial charge < -0.3 is 9.94 Å². The van der Waals surface area contributed by atoms with Crippen LogP contribution in [0.15, 0.2) is 17.6 Å². The van der Waals surface area contributed by atoms with E-state index in [2.05, 4.69) is 10.6 Å². The van der Waals surface area contributed by atoms with Crippen LogP contribution in [-0.2, 0) is 9.53 Å². The fraction of sp³-hybridized carbons (Fsp3) is 0.400. The summed E-state index contributed by atoms with van der Waals surface area (Å²) < 4.78 is 4.90. The van der Waals surface area contributed by atoms with Crippen molar-refractivity contribution in [1.82, 2.24) is 5.43 Å². The van der Waals surface area contributed by atoms with Gasteiger partial charge in [-0.25, -0.2) is 4.79 Å². The third kappa shape index (κ3) is 0.754. The Hall–Kier alpha value is -1.59. The quantitative estimate of drug-likeness (QED) is 0.377. The van der Waals surface area contributed by atoms with Gasteiger partial charge in [0.1, 0.15) is 0 Å². The molecule has 6 nitrogen and oxygen atoms in total. The van der Waals surface area contributed by atoms with Gasteiger partial charge in [-0.3, -0.25) is 0 Å². The molecule has 0 fully saturated rings. The average molecular weight is 155 g/mol. The molecule has 2 atom stereocenters. The van der Waals surface area contributed by atoms with Gasteiger partial charge >= 0.3 is 5.91 Å². The van der Waals surface area contributed by atoms with Crippen LogP contribution in [-0.4, -0.2) is 17.0 Å². The molecule has 0 bridgehead atoms. The van der Waals surface area contributed by atoms with Crippen LogP contribution in [0.3, 0.4) is 0 Å². The maximum atomic E-state index is 11.0. The van der Waals surface area contributed by atoms with E-state index in [1.165, 1.54) is 12.3 Å². The van der Waals surface area contributed by atoms with Gasteiger partial charge in [-0.1, -0.05) is 4.86 Å². The Kier molecular flexibility index (Phi) is 1.09. The molecule has 0 aliphatic carbocycles. The molecule has 2 aliphatic rings. The van der Waals surface area contributed by atoms with Gasteiger partial charge in [0.05, 0.1) is 11.5 Å². The topological polar surface area (TPSA) is 76.8 Å². The van der Waals surface area contributed by atoms with Crippen molar-refractivity contribution in [3.05, 3.63) is 17.5 Å². The van der Waals surface area contributed by atoms with Crippen molar-refractivity contribution >= 4 is 5.91 Å². The number of hydroxylamine groups is 1. The Bertz CT molecular complexity index is 260. The average Bonchev–Trinajstić information content (AvgIpc) is 2.45. The van der Waals surface area contributed by atoms with Gasteiger partial charge in [-0.15, -0.1) is 5.43 Å². The first-order chi connectivity index (χ1) is 5.29. The fourth-order valence-electron chi connectivity index (χ4n) is 1.01. The minimum atomic E-state index is -0.595. The second kappa shape index (κ2) is 1.94. The third-order valence-corrected chi connectivity index (χ3v) is 1.59. The van der Waals surface area contributed by atoms with Gasteiger partial charge in [0.2, 0.25) is 0 Å². The summed E-state index contributed by atoms with van der Waals surface area (Å²) in [7, 11) is 0. The maximum absolute atomic E-state index is 11.0. The number of rotatable bonds is 0. The van der Waals surface area contributed by atoms with Crippen LogP contribution < -0.4 is 5.43 Å². The molecular weight excluding hydrogens is 150 g/mol. The largest absolute Gasteiger partial charge is 0.689 e. The van der Waals surface area contributed by atoms with Gasteiger partial charge in [-0.2, -0.15) is 0 Å². The minimum absolute atomic E-state index is 0.0280. The molecular formula is C5H5N3O3. The summed E-state index contributed by atoms with van der Waals surface area (Å²) >= 11 is 0. The molecule has 2 aliphatic heterocycles. The molecule has 0 saturated carbocycles. The number of carbonyl (C=O) groups is 1. The molecule has 2 unspecified atom stereocenters. The first-order valence-corrected chi connectivity index (χ1v) is 3.08. The lowest BCUT2D eigenvalue weighted by atomic mass is 10.1. The lowest BCUT2D eigenvalue weighted by Gasteiger charge is -2.17. The summed E-state index contributed by atoms with van der Waals surface area (Å²) in [4.78, 5) is 11.0. The normalized spacial score (nSPS) is 33.8. The van der Waals surface area contributed by atoms with Crippen LogP contribution in [0.4, 0.5) is 0 Å². The van der Waals surface area contributed by atoms with Crippen LogP contribution in [0.2, 0.25) is 0 Å². The Morgan fingerprint density at radius 3 is 3.45 bits per heavy atom. The number of hydrogen-bond donors (Lipinski definition) is 1. The van der Waals surface area contributed by atoms with Crippen LogP contribution >= 0.6 is 0 Å². The molecule has 0 aromatic heterocycles. The van der Waals surface area contributed by atoms with E-state index in [4.69, 9.17) is 4.74 Å². The predicted molar refractivity (Wildman–Crippen MR) is 31.7 cm³/mol. The molecule has 58 valence electrons. The molecule has 6 heteroatoms. The number of nitrogens with one attached hydrogen (secondary N) is 1. The summed E-state index contributed by atoms with van der Waals surface area (Å²) in [5.41, 5.74) is 2.39. The standard InChI is InChI=1S/C5H5N3O3/c9-5-3-1-2-11-4(3)6-7-8(5)10/h1-4,6H. The molecule has 0 aromatic carbocycles. The smallest absolute Gasteiger partial charge is 0.348 e. The van der Waals surface area contributed by atoms with E-state index in [0.29, 0.717) is 0 Å². The summed E-state index contributed by atoms with van der Waals surface area (Å²) in [6.45, 7) is 0. The van der Waals surface area contributed by atoms with Crippen molar-refractivity contribution in [1.29, 1.82) is 0 Å². The summed E-state index contributed by atoms with van der Waals surface area (Å²) in [5, 5.41) is 13.8. The first kappa shape index (κ1) is 6.14. The Balaban J connectivity index is 2.30. The van der Waals surface area contributed by atoms with Gasteiger partial charge in [-0.05, 0) is 6.08 Å². The second-order valence-corrected chi connectivity index (χ2v) is 2.25. The fourth-order valence-corrected chi connectivity index (χ4v) is 1.01. The van der Waals surface area contributed by atoms with Crippen molar-refractivity contribution in [2.24, 2.45) is 11.1 Å². The van der Waals surface area contributed by atoms with Crippen molar-refractivity contribution in [3.63, 3.8) is 0 Å². The zero-order valence-corrected chi connectivity index (χ0v) is 5.43. The van der Waals surface area contributed by atoms with E-state index in [0.717, 1.165) is 0 Å². The first-order valence-electron chi connectivity index (χ1n) is 3.08. The van der Waals surface area contributed by atoms with Crippen LogP contribution in [0.1, 0.15) is 0 Å². The predicted octanol–water partition coefficient (Wildman–Crippen LogP) is -0.520. The van der Waals surface area contributed by atoms with E-state index >= 15 is 0 Å². The van der Waals surface area contributed by atoms with E-state index in [9.17, 15) is 10.0 Å². The SMILES string of the molecule is O=C1C2C=COC2NN=[N+]1[O-]. The van der Waals surface area contributed by atoms with Crippen LogP contribution in [0, 0.1) is 11.1 Å². The molecule has 0 saturated heterocycles. The molecule has 11 heavy (non-hydrogen) atoms. The van der Waals surface area contributed by atoms with Crippen LogP contribution in [0.5, 0.6) is 0 Å². The highest BCUT2D eigenvalue weighted by Crippen LogP contribution is 2.19. The molecule has 0 spiro atoms. The second-order valence-electron chi connectivity index (χ2n) is 2.25. The van der Waals surface area contributed by atoms with Crippen LogP contribution in [0.25, 0.3) is 0 Å². The number of carbonyl (C=O) groups excluding carboxylic acids is 1. The van der Waals surface area contributed by atoms with Gasteiger partial charge in [0.15, 0.2) is 5.92 Å². The Morgan fingerprint density at radius 1 is 1.82 bits per heavy atom. The molecule has 0 radical (unpaired) electrons. The zero-order valence-electron chi connectivity index (χ0n) is 5.43. The lowest BCUT2D eigenvalue weighted by Crippen LogP contribution is -2.43. The zero-order chi connectivity index (χ0) is 7.84. The number of amides is 1. The molecule has 2 rings (SSSR count). The summed E-state index contributed by atoms with van der Waals surface area (Å²) in [5.74, 6) is -1.12. The monoisotopic (exact) mass is 155 g/mol. The van der Waals surface area contributed by atoms with E-state index in [-0.39, 0.29) is 4.86 Å². The van der Waals surface area contributed by atoms with E-state index < -0.39 is 18.1 Å². The molecule has 1 N–H and O–H groups in total. The maximum Gasteiger partial charge on any atom is 0.348 e. The number of ether oxygens (including phenoxy) is 1. The van der Waals surface area contributed by atoms with Crippen molar-refractivity contribution in [2.75, 3.05) is 0 Å². The summed E-state index contributed by atoms with van der Waals surface area (Å²) in [6, 6.07) is 0. The summed E-state index contributed by atoms with van der Waals surface area (Å²) in [6.07, 6.45) is 2.42.